The van der Waals surface area contributed by atoms with Crippen molar-refractivity contribution in [3.05, 3.63) is 29.8 Å². The molecule has 0 spiro atoms. The molecule has 0 aromatic heterocycles. The van der Waals surface area contributed by atoms with Crippen LogP contribution in [0.4, 0.5) is 0 Å². The number of hydrogen-bond acceptors (Lipinski definition) is 3. The van der Waals surface area contributed by atoms with Crippen molar-refractivity contribution < 1.29 is 9.90 Å². The summed E-state index contributed by atoms with van der Waals surface area (Å²) < 4.78 is 0. The first kappa shape index (κ1) is 10.1. The van der Waals surface area contributed by atoms with E-state index in [2.05, 4.69) is 6.92 Å². The fraction of sp³-hybridized carbons (Fsp3) is 0.300. The van der Waals surface area contributed by atoms with E-state index in [1.165, 1.54) is 0 Å². The third-order valence-corrected chi connectivity index (χ3v) is 2.85. The van der Waals surface area contributed by atoms with Crippen molar-refractivity contribution in [3.63, 3.8) is 0 Å². The highest BCUT2D eigenvalue weighted by Gasteiger charge is 2.01. The van der Waals surface area contributed by atoms with Gasteiger partial charge in [-0.1, -0.05) is 25.1 Å². The number of aromatic carboxylic acids is 1. The number of hydrogen-bond donors (Lipinski definition) is 0. The summed E-state index contributed by atoms with van der Waals surface area (Å²) in [5, 5.41) is 10.7. The smallest absolute Gasteiger partial charge is 0.0726 e. The highest BCUT2D eigenvalue weighted by Crippen LogP contribution is 2.22. The number of carbonyl (C=O) groups excluding carboxylic acids is 1. The Labute approximate surface area is 82.0 Å². The molecule has 13 heavy (non-hydrogen) atoms. The van der Waals surface area contributed by atoms with Crippen molar-refractivity contribution in [1.29, 1.82) is 0 Å². The van der Waals surface area contributed by atoms with Gasteiger partial charge in [0.15, 0.2) is 0 Å². The summed E-state index contributed by atoms with van der Waals surface area (Å²) >= 11 is 1.55. The van der Waals surface area contributed by atoms with Crippen LogP contribution in [0.2, 0.25) is 0 Å². The molecule has 0 aliphatic rings. The molecule has 1 aromatic rings. The van der Waals surface area contributed by atoms with Gasteiger partial charge in [-0.15, -0.1) is 11.8 Å². The molecule has 70 valence electrons. The van der Waals surface area contributed by atoms with E-state index in [0.29, 0.717) is 5.56 Å². The second-order valence-electron chi connectivity index (χ2n) is 2.63. The van der Waals surface area contributed by atoms with Crippen LogP contribution < -0.4 is 5.11 Å². The molecule has 0 saturated heterocycles. The van der Waals surface area contributed by atoms with E-state index in [0.717, 1.165) is 17.1 Å². The quantitative estimate of drug-likeness (QED) is 0.684. The topological polar surface area (TPSA) is 40.1 Å². The fourth-order valence-electron chi connectivity index (χ4n) is 0.973. The summed E-state index contributed by atoms with van der Waals surface area (Å²) in [5.41, 5.74) is 0.293. The number of carbonyl (C=O) groups is 1. The van der Waals surface area contributed by atoms with Gasteiger partial charge < -0.3 is 9.90 Å². The lowest BCUT2D eigenvalue weighted by atomic mass is 10.2. The number of carboxylic acid groups (broad SMARTS) is 1. The molecule has 0 aliphatic heterocycles. The van der Waals surface area contributed by atoms with Crippen molar-refractivity contribution in [2.45, 2.75) is 18.2 Å². The minimum Gasteiger partial charge on any atom is -0.545 e. The van der Waals surface area contributed by atoms with E-state index in [1.807, 2.05) is 12.1 Å². The first-order chi connectivity index (χ1) is 6.25. The Bertz CT molecular complexity index is 297. The number of thioether (sulfide) groups is 1. The van der Waals surface area contributed by atoms with Crippen LogP contribution in [0.1, 0.15) is 23.7 Å². The zero-order valence-electron chi connectivity index (χ0n) is 7.45. The molecule has 1 rings (SSSR count). The summed E-state index contributed by atoms with van der Waals surface area (Å²) in [5.74, 6) is -0.163. The third kappa shape index (κ3) is 2.77. The van der Waals surface area contributed by atoms with Crippen LogP contribution in [0.25, 0.3) is 0 Å². The van der Waals surface area contributed by atoms with Gasteiger partial charge in [0.25, 0.3) is 0 Å². The van der Waals surface area contributed by atoms with Gasteiger partial charge in [0.2, 0.25) is 0 Å². The Morgan fingerprint density at radius 3 is 2.77 bits per heavy atom. The van der Waals surface area contributed by atoms with Crippen molar-refractivity contribution >= 4 is 17.7 Å². The second kappa shape index (κ2) is 4.92. The SMILES string of the molecule is CCCSc1ccccc1C(=O)[O-]. The maximum Gasteiger partial charge on any atom is 0.0726 e. The predicted octanol–water partition coefficient (Wildman–Crippen LogP) is 1.55. The minimum atomic E-state index is -1.10. The van der Waals surface area contributed by atoms with E-state index in [-0.39, 0.29) is 0 Å². The zero-order chi connectivity index (χ0) is 9.68. The van der Waals surface area contributed by atoms with Crippen molar-refractivity contribution in [3.8, 4) is 0 Å². The Balaban J connectivity index is 2.84. The Hall–Kier alpha value is -0.960. The van der Waals surface area contributed by atoms with Crippen LogP contribution in [0.15, 0.2) is 29.2 Å². The number of carboxylic acids is 1. The molecule has 1 aromatic carbocycles. The fourth-order valence-corrected chi connectivity index (χ4v) is 1.88. The molecule has 3 heteroatoms. The molecule has 0 radical (unpaired) electrons. The molecule has 0 atom stereocenters. The highest BCUT2D eigenvalue weighted by molar-refractivity contribution is 7.99. The van der Waals surface area contributed by atoms with E-state index in [1.54, 1.807) is 23.9 Å². The first-order valence-electron chi connectivity index (χ1n) is 4.19. The lowest BCUT2D eigenvalue weighted by Gasteiger charge is -2.08. The average Bonchev–Trinajstić information content (AvgIpc) is 2.15. The largest absolute Gasteiger partial charge is 0.545 e. The Morgan fingerprint density at radius 1 is 1.46 bits per heavy atom. The number of rotatable bonds is 4. The van der Waals surface area contributed by atoms with Gasteiger partial charge in [-0.3, -0.25) is 0 Å². The van der Waals surface area contributed by atoms with Gasteiger partial charge in [0.1, 0.15) is 0 Å². The normalized spacial score (nSPS) is 9.92. The van der Waals surface area contributed by atoms with Crippen LogP contribution in [-0.2, 0) is 0 Å². The summed E-state index contributed by atoms with van der Waals surface area (Å²) in [6.45, 7) is 2.06. The molecule has 0 saturated carbocycles. The summed E-state index contributed by atoms with van der Waals surface area (Å²) in [6.07, 6.45) is 1.03. The summed E-state index contributed by atoms with van der Waals surface area (Å²) in [7, 11) is 0. The Kier molecular flexibility index (Phi) is 3.83. The van der Waals surface area contributed by atoms with E-state index in [4.69, 9.17) is 0 Å². The zero-order valence-corrected chi connectivity index (χ0v) is 8.26. The van der Waals surface area contributed by atoms with Crippen LogP contribution in [-0.4, -0.2) is 11.7 Å². The van der Waals surface area contributed by atoms with Crippen LogP contribution in [0, 0.1) is 0 Å². The molecule has 0 unspecified atom stereocenters. The van der Waals surface area contributed by atoms with E-state index < -0.39 is 5.97 Å². The van der Waals surface area contributed by atoms with Gasteiger partial charge in [-0.05, 0) is 18.2 Å². The van der Waals surface area contributed by atoms with Crippen LogP contribution in [0.3, 0.4) is 0 Å². The monoisotopic (exact) mass is 195 g/mol. The van der Waals surface area contributed by atoms with Gasteiger partial charge in [-0.2, -0.15) is 0 Å². The van der Waals surface area contributed by atoms with Gasteiger partial charge in [0, 0.05) is 10.5 Å². The van der Waals surface area contributed by atoms with Crippen LogP contribution in [0.5, 0.6) is 0 Å². The summed E-state index contributed by atoms with van der Waals surface area (Å²) in [4.78, 5) is 11.5. The second-order valence-corrected chi connectivity index (χ2v) is 3.77. The predicted molar refractivity (Wildman–Crippen MR) is 51.8 cm³/mol. The lowest BCUT2D eigenvalue weighted by molar-refractivity contribution is -0.255. The molecule has 0 amide bonds. The van der Waals surface area contributed by atoms with Crippen molar-refractivity contribution in [1.82, 2.24) is 0 Å². The maximum atomic E-state index is 10.7. The third-order valence-electron chi connectivity index (χ3n) is 1.57. The minimum absolute atomic E-state index is 0.293. The molecular formula is C10H11O2S-. The molecule has 0 bridgehead atoms. The molecule has 0 heterocycles. The molecule has 2 nitrogen and oxygen atoms in total. The molecule has 0 fully saturated rings. The first-order valence-corrected chi connectivity index (χ1v) is 5.17. The van der Waals surface area contributed by atoms with Gasteiger partial charge >= 0.3 is 0 Å². The molecule has 0 aliphatic carbocycles. The van der Waals surface area contributed by atoms with Crippen LogP contribution >= 0.6 is 11.8 Å². The maximum absolute atomic E-state index is 10.7. The average molecular weight is 195 g/mol. The van der Waals surface area contributed by atoms with Gasteiger partial charge in [0.05, 0.1) is 5.97 Å². The van der Waals surface area contributed by atoms with Crippen molar-refractivity contribution in [2.24, 2.45) is 0 Å². The molecular weight excluding hydrogens is 184 g/mol. The lowest BCUT2D eigenvalue weighted by Crippen LogP contribution is -2.22. The number of benzene rings is 1. The summed E-state index contributed by atoms with van der Waals surface area (Å²) in [6, 6.07) is 6.93. The van der Waals surface area contributed by atoms with Gasteiger partial charge in [-0.25, -0.2) is 0 Å². The molecule has 0 N–H and O–H groups in total. The standard InChI is InChI=1S/C10H12O2S/c1-2-7-13-9-6-4-3-5-8(9)10(11)12/h3-6H,2,7H2,1H3,(H,11,12)/p-1. The van der Waals surface area contributed by atoms with E-state index in [9.17, 15) is 9.90 Å². The highest BCUT2D eigenvalue weighted by atomic mass is 32.2. The van der Waals surface area contributed by atoms with E-state index >= 15 is 0 Å². The Morgan fingerprint density at radius 2 is 2.15 bits per heavy atom. The van der Waals surface area contributed by atoms with Crippen molar-refractivity contribution in [2.75, 3.05) is 5.75 Å².